The molecule has 2 amide bonds. The van der Waals surface area contributed by atoms with Gasteiger partial charge in [-0.2, -0.15) is 0 Å². The molecule has 2 aliphatic carbocycles. The van der Waals surface area contributed by atoms with Gasteiger partial charge in [-0.3, -0.25) is 0 Å². The predicted molar refractivity (Wildman–Crippen MR) is 92.5 cm³/mol. The number of amides is 2. The Morgan fingerprint density at radius 3 is 2.62 bits per heavy atom. The molecule has 2 atom stereocenters. The van der Waals surface area contributed by atoms with Crippen LogP contribution in [0, 0.1) is 5.92 Å². The van der Waals surface area contributed by atoms with Crippen molar-refractivity contribution < 1.29 is 14.3 Å². The third-order valence-electron chi connectivity index (χ3n) is 5.59. The molecule has 24 heavy (non-hydrogen) atoms. The zero-order valence-corrected chi connectivity index (χ0v) is 14.3. The molecule has 5 nitrogen and oxygen atoms in total. The average molecular weight is 330 g/mol. The van der Waals surface area contributed by atoms with Gasteiger partial charge in [0.25, 0.3) is 5.79 Å². The second-order valence-electron chi connectivity index (χ2n) is 7.45. The normalized spacial score (nSPS) is 27.2. The lowest BCUT2D eigenvalue weighted by Crippen LogP contribution is -2.43. The third-order valence-corrected chi connectivity index (χ3v) is 5.59. The number of ether oxygens (including phenoxy) is 2. The van der Waals surface area contributed by atoms with Gasteiger partial charge < -0.3 is 20.1 Å². The third kappa shape index (κ3) is 3.04. The van der Waals surface area contributed by atoms with E-state index in [1.165, 1.54) is 19.3 Å². The van der Waals surface area contributed by atoms with Crippen LogP contribution in [0.5, 0.6) is 11.5 Å². The maximum absolute atomic E-state index is 12.3. The van der Waals surface area contributed by atoms with E-state index in [9.17, 15) is 4.79 Å². The Kier molecular flexibility index (Phi) is 4.02. The van der Waals surface area contributed by atoms with E-state index >= 15 is 0 Å². The van der Waals surface area contributed by atoms with Crippen LogP contribution < -0.4 is 20.1 Å². The Labute approximate surface area is 143 Å². The number of nitrogens with one attached hydrogen (secondary N) is 2. The van der Waals surface area contributed by atoms with Crippen molar-refractivity contribution in [2.75, 3.05) is 5.32 Å². The van der Waals surface area contributed by atoms with Gasteiger partial charge in [0, 0.05) is 30.6 Å². The molecular formula is C19H26N2O3. The highest BCUT2D eigenvalue weighted by Gasteiger charge is 2.44. The van der Waals surface area contributed by atoms with E-state index in [4.69, 9.17) is 9.47 Å². The van der Waals surface area contributed by atoms with Gasteiger partial charge >= 0.3 is 6.03 Å². The van der Waals surface area contributed by atoms with Crippen LogP contribution >= 0.6 is 0 Å². The largest absolute Gasteiger partial charge is 0.448 e. The summed E-state index contributed by atoms with van der Waals surface area (Å²) in [4.78, 5) is 12.3. The van der Waals surface area contributed by atoms with E-state index in [2.05, 4.69) is 17.6 Å². The highest BCUT2D eigenvalue weighted by molar-refractivity contribution is 5.89. The summed E-state index contributed by atoms with van der Waals surface area (Å²) < 4.78 is 12.1. The molecule has 0 bridgehead atoms. The van der Waals surface area contributed by atoms with Crippen molar-refractivity contribution in [2.45, 2.75) is 70.1 Å². The molecule has 0 radical (unpaired) electrons. The SMILES string of the molecule is CC1CCCCC1NC(=O)Nc1ccc2c(c1)OC1(CCCC1)O2. The molecule has 0 saturated heterocycles. The van der Waals surface area contributed by atoms with E-state index in [1.54, 1.807) is 0 Å². The minimum absolute atomic E-state index is 0.136. The lowest BCUT2D eigenvalue weighted by molar-refractivity contribution is -0.0716. The van der Waals surface area contributed by atoms with Gasteiger partial charge in [0.1, 0.15) is 0 Å². The Hall–Kier alpha value is -1.91. The summed E-state index contributed by atoms with van der Waals surface area (Å²) in [6.07, 6.45) is 8.87. The van der Waals surface area contributed by atoms with E-state index in [-0.39, 0.29) is 12.1 Å². The van der Waals surface area contributed by atoms with E-state index in [1.807, 2.05) is 18.2 Å². The molecule has 3 aliphatic rings. The van der Waals surface area contributed by atoms with Crippen LogP contribution in [0.2, 0.25) is 0 Å². The number of carbonyl (C=O) groups excluding carboxylic acids is 1. The van der Waals surface area contributed by atoms with Crippen molar-refractivity contribution in [3.8, 4) is 11.5 Å². The number of hydrogen-bond donors (Lipinski definition) is 2. The summed E-state index contributed by atoms with van der Waals surface area (Å²) in [5.74, 6) is 1.61. The molecule has 1 heterocycles. The van der Waals surface area contributed by atoms with Crippen molar-refractivity contribution in [3.05, 3.63) is 18.2 Å². The highest BCUT2D eigenvalue weighted by Crippen LogP contribution is 2.47. The molecule has 1 spiro atoms. The average Bonchev–Trinajstić information content (AvgIpc) is 3.15. The first-order valence-electron chi connectivity index (χ1n) is 9.23. The topological polar surface area (TPSA) is 59.6 Å². The number of hydrogen-bond acceptors (Lipinski definition) is 3. The number of urea groups is 1. The first-order chi connectivity index (χ1) is 11.6. The van der Waals surface area contributed by atoms with E-state index < -0.39 is 5.79 Å². The highest BCUT2D eigenvalue weighted by atomic mass is 16.7. The summed E-state index contributed by atoms with van der Waals surface area (Å²) in [6.45, 7) is 2.21. The quantitative estimate of drug-likeness (QED) is 0.843. The van der Waals surface area contributed by atoms with Crippen LogP contribution in [0.15, 0.2) is 18.2 Å². The first-order valence-corrected chi connectivity index (χ1v) is 9.23. The number of anilines is 1. The predicted octanol–water partition coefficient (Wildman–Crippen LogP) is 4.43. The first kappa shape index (κ1) is 15.6. The zero-order valence-electron chi connectivity index (χ0n) is 14.3. The van der Waals surface area contributed by atoms with Crippen molar-refractivity contribution >= 4 is 11.7 Å². The smallest absolute Gasteiger partial charge is 0.319 e. The standard InChI is InChI=1S/C19H26N2O3/c1-13-6-2-3-7-15(13)21-18(22)20-14-8-9-16-17(12-14)24-19(23-16)10-4-5-11-19/h8-9,12-13,15H,2-7,10-11H2,1H3,(H2,20,21,22). The molecule has 1 aromatic rings. The van der Waals surface area contributed by atoms with Crippen LogP contribution in [0.25, 0.3) is 0 Å². The lowest BCUT2D eigenvalue weighted by Gasteiger charge is -2.29. The number of carbonyl (C=O) groups is 1. The Bertz CT molecular complexity index is 625. The van der Waals surface area contributed by atoms with Crippen LogP contribution in [0.1, 0.15) is 58.3 Å². The maximum atomic E-state index is 12.3. The van der Waals surface area contributed by atoms with E-state index in [0.717, 1.165) is 49.3 Å². The molecule has 130 valence electrons. The Morgan fingerprint density at radius 2 is 1.83 bits per heavy atom. The number of rotatable bonds is 2. The minimum Gasteiger partial charge on any atom is -0.448 e. The van der Waals surface area contributed by atoms with Crippen LogP contribution in [0.4, 0.5) is 10.5 Å². The maximum Gasteiger partial charge on any atom is 0.319 e. The second-order valence-corrected chi connectivity index (χ2v) is 7.45. The van der Waals surface area contributed by atoms with Crippen LogP contribution in [-0.2, 0) is 0 Å². The molecule has 5 heteroatoms. The second kappa shape index (κ2) is 6.19. The molecule has 4 rings (SSSR count). The molecule has 2 fully saturated rings. The molecule has 0 aromatic heterocycles. The lowest BCUT2D eigenvalue weighted by atomic mass is 9.86. The molecular weight excluding hydrogens is 304 g/mol. The molecule has 1 aromatic carbocycles. The fraction of sp³-hybridized carbons (Fsp3) is 0.632. The van der Waals surface area contributed by atoms with Crippen molar-refractivity contribution in [1.29, 1.82) is 0 Å². The fourth-order valence-corrected chi connectivity index (χ4v) is 4.16. The summed E-state index contributed by atoms with van der Waals surface area (Å²) >= 11 is 0. The van der Waals surface area contributed by atoms with Crippen LogP contribution in [0.3, 0.4) is 0 Å². The van der Waals surface area contributed by atoms with Crippen molar-refractivity contribution in [3.63, 3.8) is 0 Å². The van der Waals surface area contributed by atoms with Gasteiger partial charge in [-0.25, -0.2) is 4.79 Å². The van der Waals surface area contributed by atoms with Gasteiger partial charge in [-0.1, -0.05) is 19.8 Å². The van der Waals surface area contributed by atoms with Gasteiger partial charge in [0.15, 0.2) is 11.5 Å². The van der Waals surface area contributed by atoms with Crippen LogP contribution in [-0.4, -0.2) is 17.9 Å². The Balaban J connectivity index is 1.38. The van der Waals surface area contributed by atoms with Gasteiger partial charge in [0.2, 0.25) is 0 Å². The van der Waals surface area contributed by atoms with Gasteiger partial charge in [0.05, 0.1) is 0 Å². The number of benzene rings is 1. The number of fused-ring (bicyclic) bond motifs is 1. The summed E-state index contributed by atoms with van der Waals surface area (Å²) in [5.41, 5.74) is 0.744. The van der Waals surface area contributed by atoms with Gasteiger partial charge in [-0.05, 0) is 43.7 Å². The van der Waals surface area contributed by atoms with E-state index in [0.29, 0.717) is 5.92 Å². The van der Waals surface area contributed by atoms with Gasteiger partial charge in [-0.15, -0.1) is 0 Å². The summed E-state index contributed by atoms with van der Waals surface area (Å²) in [6, 6.07) is 5.77. The monoisotopic (exact) mass is 330 g/mol. The van der Waals surface area contributed by atoms with Crippen molar-refractivity contribution in [1.82, 2.24) is 5.32 Å². The molecule has 2 unspecified atom stereocenters. The zero-order chi connectivity index (χ0) is 16.6. The molecule has 2 N–H and O–H groups in total. The van der Waals surface area contributed by atoms with Crippen molar-refractivity contribution in [2.24, 2.45) is 5.92 Å². The molecule has 2 saturated carbocycles. The Morgan fingerprint density at radius 1 is 1.08 bits per heavy atom. The fourth-order valence-electron chi connectivity index (χ4n) is 4.16. The summed E-state index contributed by atoms with van der Waals surface area (Å²) in [7, 11) is 0. The molecule has 1 aliphatic heterocycles. The summed E-state index contributed by atoms with van der Waals surface area (Å²) in [5, 5.41) is 6.04. The minimum atomic E-state index is -0.458.